The number of aromatic nitrogens is 2. The molecule has 4 aromatic rings. The van der Waals surface area contributed by atoms with Crippen molar-refractivity contribution in [3.63, 3.8) is 0 Å². The molecule has 0 bridgehead atoms. The van der Waals surface area contributed by atoms with E-state index in [1.54, 1.807) is 18.2 Å². The third-order valence-electron chi connectivity index (χ3n) is 6.74. The molecule has 36 heavy (non-hydrogen) atoms. The standard InChI is InChI=1S/C30H29N3O3/c1-21-26(14-9-15-29(21)36-22(2)34)30(35)32-18-16-25(17-19-32)33-28(24-12-7-4-8-13-24)20-27(31-33)23-10-5-3-6-11-23/h3-15,20,25H,16-19H2,1-2H3. The van der Waals surface area contributed by atoms with Gasteiger partial charge in [-0.05, 0) is 43.5 Å². The first-order chi connectivity index (χ1) is 17.5. The molecule has 1 aliphatic heterocycles. The second-order valence-corrected chi connectivity index (χ2v) is 9.14. The summed E-state index contributed by atoms with van der Waals surface area (Å²) in [6, 6.07) is 28.2. The molecule has 1 aromatic heterocycles. The maximum Gasteiger partial charge on any atom is 0.308 e. The van der Waals surface area contributed by atoms with Crippen LogP contribution in [-0.4, -0.2) is 39.6 Å². The van der Waals surface area contributed by atoms with Crippen molar-refractivity contribution < 1.29 is 14.3 Å². The molecule has 1 fully saturated rings. The largest absolute Gasteiger partial charge is 0.426 e. The zero-order valence-electron chi connectivity index (χ0n) is 20.6. The van der Waals surface area contributed by atoms with Crippen molar-refractivity contribution in [2.75, 3.05) is 13.1 Å². The van der Waals surface area contributed by atoms with Gasteiger partial charge in [-0.2, -0.15) is 5.10 Å². The number of amides is 1. The van der Waals surface area contributed by atoms with E-state index in [9.17, 15) is 9.59 Å². The number of likely N-dealkylation sites (tertiary alicyclic amines) is 1. The molecule has 0 spiro atoms. The van der Waals surface area contributed by atoms with Gasteiger partial charge in [-0.1, -0.05) is 66.7 Å². The van der Waals surface area contributed by atoms with Gasteiger partial charge in [-0.25, -0.2) is 0 Å². The monoisotopic (exact) mass is 479 g/mol. The second-order valence-electron chi connectivity index (χ2n) is 9.14. The highest BCUT2D eigenvalue weighted by Gasteiger charge is 2.28. The lowest BCUT2D eigenvalue weighted by Gasteiger charge is -2.33. The van der Waals surface area contributed by atoms with E-state index < -0.39 is 5.97 Å². The summed E-state index contributed by atoms with van der Waals surface area (Å²) in [6.07, 6.45) is 1.62. The average molecular weight is 480 g/mol. The third kappa shape index (κ3) is 4.80. The van der Waals surface area contributed by atoms with Crippen LogP contribution in [-0.2, 0) is 4.79 Å². The SMILES string of the molecule is CC(=O)Oc1cccc(C(=O)N2CCC(n3nc(-c4ccccc4)cc3-c3ccccc3)CC2)c1C. The molecule has 0 saturated carbocycles. The highest BCUT2D eigenvalue weighted by molar-refractivity contribution is 5.96. The van der Waals surface area contributed by atoms with Crippen LogP contribution in [0.1, 0.15) is 41.7 Å². The van der Waals surface area contributed by atoms with E-state index in [1.165, 1.54) is 6.92 Å². The first-order valence-corrected chi connectivity index (χ1v) is 12.3. The molecule has 5 rings (SSSR count). The molecule has 0 unspecified atom stereocenters. The van der Waals surface area contributed by atoms with Gasteiger partial charge < -0.3 is 9.64 Å². The van der Waals surface area contributed by atoms with Crippen LogP contribution in [0.25, 0.3) is 22.5 Å². The van der Waals surface area contributed by atoms with Crippen molar-refractivity contribution in [3.05, 3.63) is 96.1 Å². The van der Waals surface area contributed by atoms with Crippen LogP contribution in [0.5, 0.6) is 5.75 Å². The minimum Gasteiger partial charge on any atom is -0.426 e. The fourth-order valence-electron chi connectivity index (χ4n) is 4.84. The molecule has 3 aromatic carbocycles. The van der Waals surface area contributed by atoms with Gasteiger partial charge in [0.1, 0.15) is 5.75 Å². The molecule has 1 aliphatic rings. The Hall–Kier alpha value is -4.19. The smallest absolute Gasteiger partial charge is 0.308 e. The lowest BCUT2D eigenvalue weighted by atomic mass is 10.0. The van der Waals surface area contributed by atoms with Crippen LogP contribution < -0.4 is 4.74 Å². The Morgan fingerprint density at radius 2 is 1.50 bits per heavy atom. The van der Waals surface area contributed by atoms with E-state index >= 15 is 0 Å². The molecular weight excluding hydrogens is 450 g/mol. The summed E-state index contributed by atoms with van der Waals surface area (Å²) < 4.78 is 7.42. The van der Waals surface area contributed by atoms with Gasteiger partial charge in [-0.15, -0.1) is 0 Å². The summed E-state index contributed by atoms with van der Waals surface area (Å²) in [7, 11) is 0. The number of ether oxygens (including phenoxy) is 1. The zero-order valence-corrected chi connectivity index (χ0v) is 20.6. The molecule has 1 amide bonds. The number of carbonyl (C=O) groups is 2. The highest BCUT2D eigenvalue weighted by atomic mass is 16.5. The molecule has 0 radical (unpaired) electrons. The Morgan fingerprint density at radius 1 is 0.861 bits per heavy atom. The van der Waals surface area contributed by atoms with Gasteiger partial charge in [0.05, 0.1) is 17.4 Å². The minimum atomic E-state index is -0.396. The number of piperidine rings is 1. The summed E-state index contributed by atoms with van der Waals surface area (Å²) in [5.41, 5.74) is 5.51. The highest BCUT2D eigenvalue weighted by Crippen LogP contribution is 2.33. The molecule has 1 saturated heterocycles. The summed E-state index contributed by atoms with van der Waals surface area (Å²) in [6.45, 7) is 4.45. The number of hydrogen-bond donors (Lipinski definition) is 0. The predicted molar refractivity (Wildman–Crippen MR) is 140 cm³/mol. The minimum absolute atomic E-state index is 0.0336. The maximum absolute atomic E-state index is 13.3. The molecule has 182 valence electrons. The fourth-order valence-corrected chi connectivity index (χ4v) is 4.84. The van der Waals surface area contributed by atoms with Crippen LogP contribution in [0.4, 0.5) is 0 Å². The Bertz CT molecular complexity index is 1370. The molecule has 0 N–H and O–H groups in total. The average Bonchev–Trinajstić information content (AvgIpc) is 3.36. The van der Waals surface area contributed by atoms with Crippen molar-refractivity contribution in [3.8, 4) is 28.3 Å². The van der Waals surface area contributed by atoms with Gasteiger partial charge >= 0.3 is 5.97 Å². The van der Waals surface area contributed by atoms with E-state index in [-0.39, 0.29) is 11.9 Å². The number of rotatable bonds is 5. The van der Waals surface area contributed by atoms with Crippen molar-refractivity contribution >= 4 is 11.9 Å². The predicted octanol–water partition coefficient (Wildman–Crippen LogP) is 5.93. The van der Waals surface area contributed by atoms with Gasteiger partial charge in [0.25, 0.3) is 5.91 Å². The Labute approximate surface area is 211 Å². The van der Waals surface area contributed by atoms with E-state index in [0.29, 0.717) is 30.0 Å². The van der Waals surface area contributed by atoms with Crippen molar-refractivity contribution in [2.45, 2.75) is 32.7 Å². The van der Waals surface area contributed by atoms with Crippen LogP contribution in [0.15, 0.2) is 84.9 Å². The summed E-state index contributed by atoms with van der Waals surface area (Å²) in [4.78, 5) is 26.6. The van der Waals surface area contributed by atoms with Crippen LogP contribution in [0, 0.1) is 6.92 Å². The van der Waals surface area contributed by atoms with Gasteiger partial charge in [0.15, 0.2) is 0 Å². The Morgan fingerprint density at radius 3 is 2.14 bits per heavy atom. The number of carbonyl (C=O) groups excluding carboxylic acids is 2. The van der Waals surface area contributed by atoms with E-state index in [1.807, 2.05) is 48.2 Å². The first-order valence-electron chi connectivity index (χ1n) is 12.3. The summed E-state index contributed by atoms with van der Waals surface area (Å²) >= 11 is 0. The van der Waals surface area contributed by atoms with Crippen LogP contribution in [0.2, 0.25) is 0 Å². The summed E-state index contributed by atoms with van der Waals surface area (Å²) in [5.74, 6) is 0.00113. The van der Waals surface area contributed by atoms with E-state index in [4.69, 9.17) is 9.84 Å². The number of benzene rings is 3. The van der Waals surface area contributed by atoms with Crippen LogP contribution >= 0.6 is 0 Å². The first kappa shape index (κ1) is 23.5. The maximum atomic E-state index is 13.3. The molecule has 0 aliphatic carbocycles. The van der Waals surface area contributed by atoms with Crippen molar-refractivity contribution in [1.82, 2.24) is 14.7 Å². The molecular formula is C30H29N3O3. The fraction of sp³-hybridized carbons (Fsp3) is 0.233. The normalized spacial score (nSPS) is 14.0. The summed E-state index contributed by atoms with van der Waals surface area (Å²) in [5, 5.41) is 5.03. The Kier molecular flexibility index (Phi) is 6.67. The Balaban J connectivity index is 1.37. The van der Waals surface area contributed by atoms with Gasteiger partial charge in [0.2, 0.25) is 0 Å². The third-order valence-corrected chi connectivity index (χ3v) is 6.74. The molecule has 6 heteroatoms. The molecule has 6 nitrogen and oxygen atoms in total. The lowest BCUT2D eigenvalue weighted by Crippen LogP contribution is -2.39. The van der Waals surface area contributed by atoms with Gasteiger partial charge in [0, 0.05) is 36.7 Å². The van der Waals surface area contributed by atoms with Crippen LogP contribution in [0.3, 0.4) is 0 Å². The van der Waals surface area contributed by atoms with Gasteiger partial charge in [-0.3, -0.25) is 14.3 Å². The van der Waals surface area contributed by atoms with E-state index in [0.717, 1.165) is 35.4 Å². The van der Waals surface area contributed by atoms with Crippen molar-refractivity contribution in [2.24, 2.45) is 0 Å². The van der Waals surface area contributed by atoms with E-state index in [2.05, 4.69) is 35.0 Å². The van der Waals surface area contributed by atoms with Crippen molar-refractivity contribution in [1.29, 1.82) is 0 Å². The zero-order chi connectivity index (χ0) is 25.1. The number of hydrogen-bond acceptors (Lipinski definition) is 4. The number of esters is 1. The second kappa shape index (κ2) is 10.2. The molecule has 2 heterocycles. The quantitative estimate of drug-likeness (QED) is 0.263. The lowest BCUT2D eigenvalue weighted by molar-refractivity contribution is -0.131. The topological polar surface area (TPSA) is 64.4 Å². The molecule has 0 atom stereocenters. The number of nitrogens with zero attached hydrogens (tertiary/aromatic N) is 3.